The normalized spacial score (nSPS) is 10.4. The zero-order valence-electron chi connectivity index (χ0n) is 11.5. The third-order valence-electron chi connectivity index (χ3n) is 2.38. The van der Waals surface area contributed by atoms with E-state index in [1.54, 1.807) is 7.11 Å². The molecule has 5 heteroatoms. The first-order valence-corrected chi connectivity index (χ1v) is 6.53. The second kappa shape index (κ2) is 8.69. The number of nitrogens with one attached hydrogen (secondary N) is 1. The molecule has 0 aliphatic heterocycles. The van der Waals surface area contributed by atoms with E-state index in [1.165, 1.54) is 12.8 Å². The van der Waals surface area contributed by atoms with Crippen molar-refractivity contribution in [3.05, 3.63) is 11.9 Å². The minimum Gasteiger partial charge on any atom is -0.478 e. The van der Waals surface area contributed by atoms with E-state index in [1.807, 2.05) is 13.0 Å². The third-order valence-corrected chi connectivity index (χ3v) is 2.38. The zero-order valence-corrected chi connectivity index (χ0v) is 11.5. The molecule has 1 N–H and O–H groups in total. The molecule has 0 atom stereocenters. The van der Waals surface area contributed by atoms with Crippen LogP contribution in [0.25, 0.3) is 0 Å². The summed E-state index contributed by atoms with van der Waals surface area (Å²) in [6.07, 6.45) is 3.41. The fourth-order valence-electron chi connectivity index (χ4n) is 1.54. The van der Waals surface area contributed by atoms with Gasteiger partial charge in [0.1, 0.15) is 12.4 Å². The predicted molar refractivity (Wildman–Crippen MR) is 71.9 cm³/mol. The number of unbranched alkanes of at least 4 members (excludes halogenated alkanes) is 2. The second-order valence-corrected chi connectivity index (χ2v) is 4.03. The van der Waals surface area contributed by atoms with Crippen LogP contribution in [0.5, 0.6) is 5.88 Å². The van der Waals surface area contributed by atoms with E-state index in [4.69, 9.17) is 9.47 Å². The van der Waals surface area contributed by atoms with Gasteiger partial charge in [-0.1, -0.05) is 19.8 Å². The highest BCUT2D eigenvalue weighted by atomic mass is 16.5. The van der Waals surface area contributed by atoms with E-state index < -0.39 is 0 Å². The molecule has 0 aliphatic carbocycles. The average Bonchev–Trinajstić information content (AvgIpc) is 2.35. The Balaban J connectivity index is 2.63. The monoisotopic (exact) mass is 253 g/mol. The fraction of sp³-hybridized carbons (Fsp3) is 0.692. The highest BCUT2D eigenvalue weighted by Crippen LogP contribution is 2.14. The molecule has 0 bridgehead atoms. The quantitative estimate of drug-likeness (QED) is 0.686. The second-order valence-electron chi connectivity index (χ2n) is 4.03. The molecular formula is C13H23N3O2. The molecule has 0 radical (unpaired) electrons. The molecule has 1 rings (SSSR count). The van der Waals surface area contributed by atoms with Gasteiger partial charge in [0.15, 0.2) is 5.82 Å². The summed E-state index contributed by atoms with van der Waals surface area (Å²) in [4.78, 5) is 8.63. The van der Waals surface area contributed by atoms with Crippen LogP contribution in [0, 0.1) is 0 Å². The van der Waals surface area contributed by atoms with Gasteiger partial charge in [0.25, 0.3) is 0 Å². The van der Waals surface area contributed by atoms with Crippen molar-refractivity contribution >= 4 is 5.82 Å². The van der Waals surface area contributed by atoms with Crippen molar-refractivity contribution in [2.45, 2.75) is 39.7 Å². The maximum Gasteiger partial charge on any atom is 0.218 e. The lowest BCUT2D eigenvalue weighted by atomic mass is 10.3. The van der Waals surface area contributed by atoms with Crippen LogP contribution in [0.3, 0.4) is 0 Å². The highest BCUT2D eigenvalue weighted by molar-refractivity contribution is 5.38. The van der Waals surface area contributed by atoms with E-state index in [9.17, 15) is 0 Å². The number of hydrogen-bond donors (Lipinski definition) is 1. The van der Waals surface area contributed by atoms with E-state index >= 15 is 0 Å². The van der Waals surface area contributed by atoms with Crippen LogP contribution in [0.4, 0.5) is 5.82 Å². The summed E-state index contributed by atoms with van der Waals surface area (Å²) in [6, 6.07) is 1.83. The number of nitrogens with zero attached hydrogens (tertiary/aromatic N) is 2. The summed E-state index contributed by atoms with van der Waals surface area (Å²) in [7, 11) is 1.63. The lowest BCUT2D eigenvalue weighted by Gasteiger charge is -2.09. The summed E-state index contributed by atoms with van der Waals surface area (Å²) in [5.74, 6) is 2.04. The molecule has 0 fully saturated rings. The van der Waals surface area contributed by atoms with Crippen molar-refractivity contribution in [3.8, 4) is 5.88 Å². The molecule has 18 heavy (non-hydrogen) atoms. The van der Waals surface area contributed by atoms with Crippen LogP contribution >= 0.6 is 0 Å². The number of ether oxygens (including phenoxy) is 2. The minimum absolute atomic E-state index is 0.393. The van der Waals surface area contributed by atoms with E-state index in [0.717, 1.165) is 18.8 Å². The fourth-order valence-corrected chi connectivity index (χ4v) is 1.54. The van der Waals surface area contributed by atoms with Crippen molar-refractivity contribution in [3.63, 3.8) is 0 Å². The number of aromatic nitrogens is 2. The SMILES string of the molecule is CCCCCOc1cc(NCC)nc(COC)n1. The first-order valence-electron chi connectivity index (χ1n) is 6.53. The average molecular weight is 253 g/mol. The van der Waals surface area contributed by atoms with Gasteiger partial charge >= 0.3 is 0 Å². The molecule has 5 nitrogen and oxygen atoms in total. The van der Waals surface area contributed by atoms with Crippen LogP contribution in [0.15, 0.2) is 6.07 Å². The van der Waals surface area contributed by atoms with Crippen molar-refractivity contribution in [1.82, 2.24) is 9.97 Å². The Bertz CT molecular complexity index is 321. The molecule has 0 aliphatic rings. The van der Waals surface area contributed by atoms with Crippen molar-refractivity contribution in [1.29, 1.82) is 0 Å². The Morgan fingerprint density at radius 3 is 2.72 bits per heavy atom. The number of rotatable bonds is 9. The van der Waals surface area contributed by atoms with E-state index in [-0.39, 0.29) is 0 Å². The molecule has 1 heterocycles. The molecule has 0 amide bonds. The van der Waals surface area contributed by atoms with Crippen molar-refractivity contribution < 1.29 is 9.47 Å². The summed E-state index contributed by atoms with van der Waals surface area (Å²) in [6.45, 7) is 6.11. The summed E-state index contributed by atoms with van der Waals surface area (Å²) < 4.78 is 10.7. The Morgan fingerprint density at radius 1 is 1.22 bits per heavy atom. The van der Waals surface area contributed by atoms with Gasteiger partial charge < -0.3 is 14.8 Å². The summed E-state index contributed by atoms with van der Waals surface area (Å²) in [5, 5.41) is 3.16. The largest absolute Gasteiger partial charge is 0.478 e. The summed E-state index contributed by atoms with van der Waals surface area (Å²) >= 11 is 0. The molecule has 0 saturated heterocycles. The standard InChI is InChI=1S/C13H23N3O2/c1-4-6-7-8-18-13-9-11(14-5-2)15-12(16-13)10-17-3/h9H,4-8,10H2,1-3H3,(H,14,15,16). The van der Waals surface area contributed by atoms with E-state index in [0.29, 0.717) is 24.9 Å². The molecule has 0 unspecified atom stereocenters. The summed E-state index contributed by atoms with van der Waals surface area (Å²) in [5.41, 5.74) is 0. The lowest BCUT2D eigenvalue weighted by molar-refractivity contribution is 0.176. The van der Waals surface area contributed by atoms with Crippen molar-refractivity contribution in [2.24, 2.45) is 0 Å². The van der Waals surface area contributed by atoms with Gasteiger partial charge in [-0.3, -0.25) is 0 Å². The Kier molecular flexibility index (Phi) is 7.10. The highest BCUT2D eigenvalue weighted by Gasteiger charge is 2.05. The van der Waals surface area contributed by atoms with Gasteiger partial charge in [0, 0.05) is 19.7 Å². The molecule has 0 spiro atoms. The van der Waals surface area contributed by atoms with Crippen molar-refractivity contribution in [2.75, 3.05) is 25.6 Å². The smallest absolute Gasteiger partial charge is 0.218 e. The molecule has 0 saturated carbocycles. The number of methoxy groups -OCH3 is 1. The number of anilines is 1. The third kappa shape index (κ3) is 5.31. The van der Waals surface area contributed by atoms with Crippen LogP contribution in [0.2, 0.25) is 0 Å². The van der Waals surface area contributed by atoms with Gasteiger partial charge in [-0.2, -0.15) is 4.98 Å². The molecule has 0 aromatic carbocycles. The van der Waals surface area contributed by atoms with Gasteiger partial charge in [0.05, 0.1) is 6.61 Å². The Morgan fingerprint density at radius 2 is 2.06 bits per heavy atom. The molecule has 1 aromatic heterocycles. The zero-order chi connectivity index (χ0) is 13.2. The first kappa shape index (κ1) is 14.7. The van der Waals surface area contributed by atoms with Gasteiger partial charge in [0.2, 0.25) is 5.88 Å². The number of hydrogen-bond acceptors (Lipinski definition) is 5. The molecular weight excluding hydrogens is 230 g/mol. The van der Waals surface area contributed by atoms with E-state index in [2.05, 4.69) is 22.2 Å². The topological polar surface area (TPSA) is 56.3 Å². The Hall–Kier alpha value is -1.36. The minimum atomic E-state index is 0.393. The first-order chi connectivity index (χ1) is 8.80. The van der Waals surface area contributed by atoms with Crippen LogP contribution in [-0.4, -0.2) is 30.2 Å². The predicted octanol–water partition coefficient (Wildman–Crippen LogP) is 2.62. The molecule has 1 aromatic rings. The maximum atomic E-state index is 5.64. The van der Waals surface area contributed by atoms with Crippen LogP contribution in [0.1, 0.15) is 38.9 Å². The van der Waals surface area contributed by atoms with Crippen LogP contribution in [-0.2, 0) is 11.3 Å². The van der Waals surface area contributed by atoms with Gasteiger partial charge in [-0.05, 0) is 13.3 Å². The lowest BCUT2D eigenvalue weighted by Crippen LogP contribution is -2.07. The molecule has 102 valence electrons. The maximum absolute atomic E-state index is 5.64. The van der Waals surface area contributed by atoms with Crippen LogP contribution < -0.4 is 10.1 Å². The van der Waals surface area contributed by atoms with Gasteiger partial charge in [-0.15, -0.1) is 0 Å². The van der Waals surface area contributed by atoms with Gasteiger partial charge in [-0.25, -0.2) is 4.98 Å². The Labute approximate surface area is 109 Å².